The number of halogens is 5. The third kappa shape index (κ3) is 6.63. The molecule has 0 aliphatic rings. The third-order valence-corrected chi connectivity index (χ3v) is 3.40. The molecule has 132 valence electrons. The van der Waals surface area contributed by atoms with Crippen LogP contribution >= 0.6 is 23.2 Å². The van der Waals surface area contributed by atoms with Crippen molar-refractivity contribution in [3.8, 4) is 0 Å². The molecule has 0 aliphatic carbocycles. The lowest BCUT2D eigenvalue weighted by Crippen LogP contribution is -2.47. The number of carbonyl (C=O) groups excluding carboxylic acids is 2. The van der Waals surface area contributed by atoms with Gasteiger partial charge in [0.05, 0.1) is 23.0 Å². The fraction of sp³-hybridized carbons (Fsp3) is 0.308. The lowest BCUT2D eigenvalue weighted by atomic mass is 10.2. The normalized spacial score (nSPS) is 12.4. The molecule has 3 N–H and O–H groups in total. The number of carboxylic acid groups (broad SMARTS) is 1. The molecule has 11 heteroatoms. The van der Waals surface area contributed by atoms with Crippen molar-refractivity contribution in [2.45, 2.75) is 18.6 Å². The van der Waals surface area contributed by atoms with Gasteiger partial charge in [0.25, 0.3) is 5.91 Å². The van der Waals surface area contributed by atoms with Gasteiger partial charge in [-0.2, -0.15) is 13.2 Å². The van der Waals surface area contributed by atoms with Crippen LogP contribution in [0.3, 0.4) is 0 Å². The maximum atomic E-state index is 12.2. The topological polar surface area (TPSA) is 95.5 Å². The molecule has 1 unspecified atom stereocenters. The maximum Gasteiger partial charge on any atom is 0.391 e. The Hall–Kier alpha value is -2.00. The molecule has 1 aromatic carbocycles. The van der Waals surface area contributed by atoms with E-state index in [-0.39, 0.29) is 15.6 Å². The van der Waals surface area contributed by atoms with Gasteiger partial charge in [-0.25, -0.2) is 4.79 Å². The summed E-state index contributed by atoms with van der Waals surface area (Å²) in [4.78, 5) is 34.0. The molecular formula is C13H11Cl2F3N2O4. The monoisotopic (exact) mass is 386 g/mol. The lowest BCUT2D eigenvalue weighted by Gasteiger charge is -2.16. The molecule has 1 aromatic rings. The van der Waals surface area contributed by atoms with Crippen molar-refractivity contribution in [1.82, 2.24) is 10.6 Å². The first-order chi connectivity index (χ1) is 11.0. The molecule has 6 nitrogen and oxygen atoms in total. The van der Waals surface area contributed by atoms with Crippen LogP contribution in [0.15, 0.2) is 18.2 Å². The Balaban J connectivity index is 2.59. The number of benzene rings is 1. The van der Waals surface area contributed by atoms with Gasteiger partial charge in [-0.15, -0.1) is 0 Å². The van der Waals surface area contributed by atoms with E-state index in [1.165, 1.54) is 18.2 Å². The molecule has 0 aromatic heterocycles. The minimum absolute atomic E-state index is 0.0716. The van der Waals surface area contributed by atoms with Crippen LogP contribution in [-0.2, 0) is 9.59 Å². The van der Waals surface area contributed by atoms with E-state index >= 15 is 0 Å². The highest BCUT2D eigenvalue weighted by atomic mass is 35.5. The van der Waals surface area contributed by atoms with Gasteiger partial charge in [0, 0.05) is 5.56 Å². The highest BCUT2D eigenvalue weighted by Gasteiger charge is 2.36. The minimum atomic E-state index is -4.76. The van der Waals surface area contributed by atoms with Gasteiger partial charge in [0.2, 0.25) is 5.91 Å². The number of aliphatic carboxylic acids is 1. The zero-order valence-corrected chi connectivity index (χ0v) is 13.3. The van der Waals surface area contributed by atoms with Crippen LogP contribution in [0.25, 0.3) is 0 Å². The zero-order valence-electron chi connectivity index (χ0n) is 11.8. The number of carbonyl (C=O) groups is 3. The van der Waals surface area contributed by atoms with Crippen molar-refractivity contribution in [3.63, 3.8) is 0 Å². The summed E-state index contributed by atoms with van der Waals surface area (Å²) in [5, 5.41) is 12.8. The van der Waals surface area contributed by atoms with Crippen molar-refractivity contribution >= 4 is 41.0 Å². The summed E-state index contributed by atoms with van der Waals surface area (Å²) in [6.45, 7) is -0.708. The van der Waals surface area contributed by atoms with Crippen molar-refractivity contribution in [3.05, 3.63) is 33.8 Å². The highest BCUT2D eigenvalue weighted by Crippen LogP contribution is 2.23. The van der Waals surface area contributed by atoms with E-state index < -0.39 is 43.0 Å². The van der Waals surface area contributed by atoms with E-state index in [1.807, 2.05) is 0 Å². The quantitative estimate of drug-likeness (QED) is 0.698. The van der Waals surface area contributed by atoms with Crippen molar-refractivity contribution < 1.29 is 32.7 Å². The van der Waals surface area contributed by atoms with Gasteiger partial charge in [-0.3, -0.25) is 9.59 Å². The number of carboxylic acids is 1. The smallest absolute Gasteiger partial charge is 0.391 e. The molecule has 0 bridgehead atoms. The van der Waals surface area contributed by atoms with Gasteiger partial charge in [0.15, 0.2) is 0 Å². The van der Waals surface area contributed by atoms with Crippen LogP contribution in [0.1, 0.15) is 16.8 Å². The number of hydrogen-bond acceptors (Lipinski definition) is 3. The Morgan fingerprint density at radius 3 is 2.29 bits per heavy atom. The maximum absolute atomic E-state index is 12.2. The molecule has 1 atom stereocenters. The van der Waals surface area contributed by atoms with E-state index in [9.17, 15) is 27.6 Å². The Bertz CT molecular complexity index is 653. The number of nitrogens with one attached hydrogen (secondary N) is 2. The van der Waals surface area contributed by atoms with Crippen LogP contribution in [0.4, 0.5) is 13.2 Å². The molecule has 0 saturated carbocycles. The van der Waals surface area contributed by atoms with Crippen LogP contribution in [-0.4, -0.2) is 41.7 Å². The van der Waals surface area contributed by atoms with Gasteiger partial charge < -0.3 is 15.7 Å². The highest BCUT2D eigenvalue weighted by molar-refractivity contribution is 6.42. The van der Waals surface area contributed by atoms with E-state index in [0.717, 1.165) is 0 Å². The fourth-order valence-corrected chi connectivity index (χ4v) is 1.87. The summed E-state index contributed by atoms with van der Waals surface area (Å²) in [5.74, 6) is -3.65. The summed E-state index contributed by atoms with van der Waals surface area (Å²) >= 11 is 11.4. The summed E-state index contributed by atoms with van der Waals surface area (Å²) in [7, 11) is 0. The average molecular weight is 387 g/mol. The fourth-order valence-electron chi connectivity index (χ4n) is 1.58. The summed E-state index contributed by atoms with van der Waals surface area (Å²) in [6.07, 6.45) is -6.49. The first-order valence-electron chi connectivity index (χ1n) is 6.32. The number of amides is 2. The molecule has 0 fully saturated rings. The van der Waals surface area contributed by atoms with Crippen LogP contribution in [0.2, 0.25) is 10.0 Å². The largest absolute Gasteiger partial charge is 0.480 e. The number of hydrogen-bond donors (Lipinski definition) is 3. The minimum Gasteiger partial charge on any atom is -0.480 e. The van der Waals surface area contributed by atoms with Crippen LogP contribution in [0.5, 0.6) is 0 Å². The molecule has 0 spiro atoms. The van der Waals surface area contributed by atoms with Crippen LogP contribution < -0.4 is 10.6 Å². The van der Waals surface area contributed by atoms with E-state index in [2.05, 4.69) is 5.32 Å². The second-order valence-corrected chi connectivity index (χ2v) is 5.40. The Kier molecular flexibility index (Phi) is 6.85. The van der Waals surface area contributed by atoms with Gasteiger partial charge in [0.1, 0.15) is 6.04 Å². The van der Waals surface area contributed by atoms with Crippen molar-refractivity contribution in [2.75, 3.05) is 6.54 Å². The van der Waals surface area contributed by atoms with Crippen molar-refractivity contribution in [1.29, 1.82) is 0 Å². The summed E-state index contributed by atoms with van der Waals surface area (Å²) in [5.41, 5.74) is 0.0716. The van der Waals surface area contributed by atoms with Crippen LogP contribution in [0, 0.1) is 0 Å². The molecule has 0 heterocycles. The van der Waals surface area contributed by atoms with Gasteiger partial charge >= 0.3 is 12.1 Å². The molecule has 0 aliphatic heterocycles. The van der Waals surface area contributed by atoms with E-state index in [0.29, 0.717) is 0 Å². The van der Waals surface area contributed by atoms with Crippen molar-refractivity contribution in [2.24, 2.45) is 0 Å². The predicted octanol–water partition coefficient (Wildman–Crippen LogP) is 2.25. The third-order valence-electron chi connectivity index (χ3n) is 2.66. The molecule has 2 amide bonds. The molecular weight excluding hydrogens is 376 g/mol. The Labute approximate surface area is 143 Å². The lowest BCUT2D eigenvalue weighted by molar-refractivity contribution is -0.159. The van der Waals surface area contributed by atoms with Gasteiger partial charge in [-0.05, 0) is 18.2 Å². The summed E-state index contributed by atoms with van der Waals surface area (Å²) in [6, 6.07) is 1.77. The second kappa shape index (κ2) is 8.20. The Morgan fingerprint density at radius 1 is 1.17 bits per heavy atom. The Morgan fingerprint density at radius 2 is 1.79 bits per heavy atom. The number of rotatable bonds is 6. The molecule has 0 saturated heterocycles. The average Bonchev–Trinajstić information content (AvgIpc) is 2.45. The predicted molar refractivity (Wildman–Crippen MR) is 79.0 cm³/mol. The van der Waals surface area contributed by atoms with E-state index in [1.54, 1.807) is 5.32 Å². The standard InChI is InChI=1S/C13H11Cl2F3N2O4/c14-7-2-1-6(3-8(7)15)11(22)19-5-10(21)20-9(12(23)24)4-13(16,17)18/h1-3,9H,4-5H2,(H,19,22)(H,20,21)(H,23,24). The number of alkyl halides is 3. The summed E-state index contributed by atoms with van der Waals surface area (Å²) < 4.78 is 36.6. The first-order valence-corrected chi connectivity index (χ1v) is 7.07. The molecule has 24 heavy (non-hydrogen) atoms. The molecule has 0 radical (unpaired) electrons. The van der Waals surface area contributed by atoms with E-state index in [4.69, 9.17) is 28.3 Å². The SMILES string of the molecule is O=C(CNC(=O)c1ccc(Cl)c(Cl)c1)NC(CC(F)(F)F)C(=O)O. The molecule has 1 rings (SSSR count). The van der Waals surface area contributed by atoms with Gasteiger partial charge in [-0.1, -0.05) is 23.2 Å². The first kappa shape index (κ1) is 20.0. The second-order valence-electron chi connectivity index (χ2n) is 4.59. The zero-order chi connectivity index (χ0) is 18.5.